The lowest BCUT2D eigenvalue weighted by molar-refractivity contribution is -0.137. The molecule has 3 rings (SSSR count). The van der Waals surface area contributed by atoms with Gasteiger partial charge in [-0.1, -0.05) is 24.3 Å². The van der Waals surface area contributed by atoms with Crippen LogP contribution in [0.2, 0.25) is 0 Å². The highest BCUT2D eigenvalue weighted by atomic mass is 19.4. The average Bonchev–Trinajstić information content (AvgIpc) is 2.82. The molecule has 0 fully saturated rings. The van der Waals surface area contributed by atoms with Crippen molar-refractivity contribution in [3.63, 3.8) is 0 Å². The average molecular weight is 291 g/mol. The topological polar surface area (TPSA) is 30.2 Å². The van der Waals surface area contributed by atoms with Gasteiger partial charge in [0.15, 0.2) is 11.5 Å². The summed E-state index contributed by atoms with van der Waals surface area (Å²) < 4.78 is 39.8. The third-order valence-corrected chi connectivity index (χ3v) is 3.21. The monoisotopic (exact) mass is 291 g/mol. The number of hydrogen-bond acceptors (Lipinski definition) is 2. The molecular formula is C15H12F3N3. The highest BCUT2D eigenvalue weighted by molar-refractivity contribution is 5.39. The molecule has 0 radical (unpaired) electrons. The summed E-state index contributed by atoms with van der Waals surface area (Å²) in [6.07, 6.45) is -4.07. The maximum atomic E-state index is 12.7. The number of rotatable bonds is 2. The fraction of sp³-hybridized carbons (Fsp3) is 0.200. The Kier molecular flexibility index (Phi) is 3.16. The standard InChI is InChI=1S/C15H12F3N3/c1-10-4-2-7-14-19-13(20-21(10)14)9-11-5-3-6-12(8-11)15(16,17)18/h2-8H,9H2,1H3. The van der Waals surface area contributed by atoms with Crippen molar-refractivity contribution in [3.05, 3.63) is 65.1 Å². The first kappa shape index (κ1) is 13.6. The number of hydrogen-bond donors (Lipinski definition) is 0. The van der Waals surface area contributed by atoms with E-state index in [0.717, 1.165) is 17.8 Å². The lowest BCUT2D eigenvalue weighted by atomic mass is 10.1. The minimum Gasteiger partial charge on any atom is -0.218 e. The molecule has 0 unspecified atom stereocenters. The van der Waals surface area contributed by atoms with Gasteiger partial charge in [-0.05, 0) is 30.7 Å². The van der Waals surface area contributed by atoms with Crippen molar-refractivity contribution in [2.24, 2.45) is 0 Å². The third-order valence-electron chi connectivity index (χ3n) is 3.21. The Morgan fingerprint density at radius 1 is 1.10 bits per heavy atom. The number of alkyl halides is 3. The van der Waals surface area contributed by atoms with Gasteiger partial charge in [0, 0.05) is 12.1 Å². The van der Waals surface area contributed by atoms with Crippen LogP contribution in [0.5, 0.6) is 0 Å². The molecular weight excluding hydrogens is 279 g/mol. The largest absolute Gasteiger partial charge is 0.416 e. The number of aryl methyl sites for hydroxylation is 1. The predicted molar refractivity (Wildman–Crippen MR) is 72.0 cm³/mol. The van der Waals surface area contributed by atoms with E-state index in [1.165, 1.54) is 6.07 Å². The van der Waals surface area contributed by atoms with Crippen LogP contribution in [0.4, 0.5) is 13.2 Å². The van der Waals surface area contributed by atoms with Crippen LogP contribution in [-0.2, 0) is 12.6 Å². The maximum Gasteiger partial charge on any atom is 0.416 e. The molecule has 108 valence electrons. The second kappa shape index (κ2) is 4.87. The molecule has 3 nitrogen and oxygen atoms in total. The quantitative estimate of drug-likeness (QED) is 0.721. The fourth-order valence-corrected chi connectivity index (χ4v) is 2.20. The number of benzene rings is 1. The fourth-order valence-electron chi connectivity index (χ4n) is 2.20. The first-order chi connectivity index (χ1) is 9.93. The molecule has 0 aliphatic heterocycles. The number of nitrogens with zero attached hydrogens (tertiary/aromatic N) is 3. The summed E-state index contributed by atoms with van der Waals surface area (Å²) in [5.41, 5.74) is 1.51. The molecule has 0 saturated carbocycles. The van der Waals surface area contributed by atoms with Gasteiger partial charge < -0.3 is 0 Å². The van der Waals surface area contributed by atoms with Crippen LogP contribution in [0.3, 0.4) is 0 Å². The molecule has 0 aliphatic rings. The second-order valence-corrected chi connectivity index (χ2v) is 4.84. The van der Waals surface area contributed by atoms with E-state index in [2.05, 4.69) is 10.1 Å². The first-order valence-electron chi connectivity index (χ1n) is 6.41. The predicted octanol–water partition coefficient (Wildman–Crippen LogP) is 3.65. The summed E-state index contributed by atoms with van der Waals surface area (Å²) in [7, 11) is 0. The Labute approximate surface area is 119 Å². The summed E-state index contributed by atoms with van der Waals surface area (Å²) in [4.78, 5) is 4.33. The molecule has 0 atom stereocenters. The number of fused-ring (bicyclic) bond motifs is 1. The zero-order valence-electron chi connectivity index (χ0n) is 11.2. The SMILES string of the molecule is Cc1cccc2nc(Cc3cccc(C(F)(F)F)c3)nn12. The normalized spacial score (nSPS) is 12.0. The Hall–Kier alpha value is -2.37. The summed E-state index contributed by atoms with van der Waals surface area (Å²) >= 11 is 0. The van der Waals surface area contributed by atoms with Crippen LogP contribution < -0.4 is 0 Å². The van der Waals surface area contributed by atoms with Crippen molar-refractivity contribution in [2.75, 3.05) is 0 Å². The third kappa shape index (κ3) is 2.74. The van der Waals surface area contributed by atoms with Gasteiger partial charge in [0.1, 0.15) is 0 Å². The van der Waals surface area contributed by atoms with Gasteiger partial charge in [-0.2, -0.15) is 18.3 Å². The Bertz CT molecular complexity index is 790. The molecule has 0 saturated heterocycles. The summed E-state index contributed by atoms with van der Waals surface area (Å²) in [6, 6.07) is 10.8. The van der Waals surface area contributed by atoms with Crippen molar-refractivity contribution in [1.82, 2.24) is 14.6 Å². The highest BCUT2D eigenvalue weighted by Crippen LogP contribution is 2.29. The molecule has 2 heterocycles. The molecule has 6 heteroatoms. The van der Waals surface area contributed by atoms with E-state index in [9.17, 15) is 13.2 Å². The van der Waals surface area contributed by atoms with E-state index < -0.39 is 11.7 Å². The molecule has 0 N–H and O–H groups in total. The van der Waals surface area contributed by atoms with E-state index >= 15 is 0 Å². The molecule has 3 aromatic rings. The lowest BCUT2D eigenvalue weighted by Crippen LogP contribution is -2.05. The summed E-state index contributed by atoms with van der Waals surface area (Å²) in [5.74, 6) is 0.503. The van der Waals surface area contributed by atoms with Crippen molar-refractivity contribution in [1.29, 1.82) is 0 Å². The van der Waals surface area contributed by atoms with E-state index in [4.69, 9.17) is 0 Å². The zero-order chi connectivity index (χ0) is 15.0. The molecule has 0 aliphatic carbocycles. The van der Waals surface area contributed by atoms with Crippen molar-refractivity contribution in [2.45, 2.75) is 19.5 Å². The Balaban J connectivity index is 1.93. The summed E-state index contributed by atoms with van der Waals surface area (Å²) in [5, 5.41) is 4.32. The van der Waals surface area contributed by atoms with Gasteiger partial charge in [0.25, 0.3) is 0 Å². The van der Waals surface area contributed by atoms with Gasteiger partial charge in [0.05, 0.1) is 5.56 Å². The zero-order valence-corrected chi connectivity index (χ0v) is 11.2. The van der Waals surface area contributed by atoms with Gasteiger partial charge in [-0.15, -0.1) is 0 Å². The van der Waals surface area contributed by atoms with Crippen molar-refractivity contribution in [3.8, 4) is 0 Å². The molecule has 0 amide bonds. The number of aromatic nitrogens is 3. The smallest absolute Gasteiger partial charge is 0.218 e. The van der Waals surface area contributed by atoms with E-state index in [-0.39, 0.29) is 6.42 Å². The summed E-state index contributed by atoms with van der Waals surface area (Å²) in [6.45, 7) is 1.90. The van der Waals surface area contributed by atoms with Crippen LogP contribution in [0, 0.1) is 6.92 Å². The van der Waals surface area contributed by atoms with E-state index in [1.54, 1.807) is 10.6 Å². The van der Waals surface area contributed by atoms with Gasteiger partial charge in [-0.3, -0.25) is 0 Å². The number of pyridine rings is 1. The van der Waals surface area contributed by atoms with Crippen molar-refractivity contribution >= 4 is 5.65 Å². The maximum absolute atomic E-state index is 12.7. The van der Waals surface area contributed by atoms with Crippen LogP contribution in [-0.4, -0.2) is 14.6 Å². The second-order valence-electron chi connectivity index (χ2n) is 4.84. The van der Waals surface area contributed by atoms with Crippen molar-refractivity contribution < 1.29 is 13.2 Å². The lowest BCUT2D eigenvalue weighted by Gasteiger charge is -2.07. The highest BCUT2D eigenvalue weighted by Gasteiger charge is 2.30. The Morgan fingerprint density at radius 3 is 2.57 bits per heavy atom. The van der Waals surface area contributed by atoms with Crippen LogP contribution in [0.25, 0.3) is 5.65 Å². The molecule has 2 aromatic heterocycles. The van der Waals surface area contributed by atoms with Gasteiger partial charge in [0.2, 0.25) is 0 Å². The van der Waals surface area contributed by atoms with Crippen LogP contribution >= 0.6 is 0 Å². The Morgan fingerprint density at radius 2 is 1.86 bits per heavy atom. The van der Waals surface area contributed by atoms with Gasteiger partial charge in [-0.25, -0.2) is 9.50 Å². The molecule has 0 bridgehead atoms. The number of halogens is 3. The minimum atomic E-state index is -4.33. The van der Waals surface area contributed by atoms with Crippen LogP contribution in [0.1, 0.15) is 22.6 Å². The minimum absolute atomic E-state index is 0.269. The molecule has 1 aromatic carbocycles. The van der Waals surface area contributed by atoms with Crippen LogP contribution in [0.15, 0.2) is 42.5 Å². The van der Waals surface area contributed by atoms with E-state index in [0.29, 0.717) is 17.0 Å². The van der Waals surface area contributed by atoms with E-state index in [1.807, 2.05) is 25.1 Å². The molecule has 0 spiro atoms. The molecule has 21 heavy (non-hydrogen) atoms. The van der Waals surface area contributed by atoms with Gasteiger partial charge >= 0.3 is 6.18 Å². The first-order valence-corrected chi connectivity index (χ1v) is 6.41.